The van der Waals surface area contributed by atoms with Gasteiger partial charge in [-0.3, -0.25) is 14.5 Å². The quantitative estimate of drug-likeness (QED) is 0.291. The lowest BCUT2D eigenvalue weighted by Gasteiger charge is -2.54. The number of fused-ring (bicyclic) bond motifs is 1. The normalized spacial score (nSPS) is 20.2. The Bertz CT molecular complexity index is 1420. The van der Waals surface area contributed by atoms with Gasteiger partial charge >= 0.3 is 5.97 Å². The Morgan fingerprint density at radius 1 is 0.929 bits per heavy atom. The fourth-order valence-electron chi connectivity index (χ4n) is 5.73. The molecule has 0 bridgehead atoms. The van der Waals surface area contributed by atoms with Crippen LogP contribution >= 0.6 is 11.8 Å². The Labute approximate surface area is 249 Å². The van der Waals surface area contributed by atoms with Crippen LogP contribution in [-0.4, -0.2) is 76.0 Å². The van der Waals surface area contributed by atoms with Gasteiger partial charge in [0, 0.05) is 32.3 Å². The van der Waals surface area contributed by atoms with Crippen molar-refractivity contribution in [3.8, 4) is 0 Å². The van der Waals surface area contributed by atoms with E-state index in [0.29, 0.717) is 38.6 Å². The van der Waals surface area contributed by atoms with E-state index < -0.39 is 18.1 Å². The van der Waals surface area contributed by atoms with Gasteiger partial charge in [-0.2, -0.15) is 0 Å². The number of amides is 2. The molecule has 0 radical (unpaired) electrons. The molecule has 0 aromatic heterocycles. The largest absolute Gasteiger partial charge is 0.448 e. The molecular formula is C33H33N3O5S. The zero-order chi connectivity index (χ0) is 29.1. The molecule has 2 atom stereocenters. The van der Waals surface area contributed by atoms with E-state index in [2.05, 4.69) is 4.90 Å². The van der Waals surface area contributed by atoms with E-state index in [1.807, 2.05) is 91.0 Å². The molecule has 0 N–H and O–H groups in total. The van der Waals surface area contributed by atoms with Gasteiger partial charge in [-0.05, 0) is 16.7 Å². The number of ether oxygens (including phenoxy) is 2. The molecule has 42 heavy (non-hydrogen) atoms. The van der Waals surface area contributed by atoms with Gasteiger partial charge in [-0.15, -0.1) is 11.8 Å². The molecule has 2 amide bonds. The number of thioether (sulfide) groups is 1. The van der Waals surface area contributed by atoms with Crippen LogP contribution < -0.4 is 0 Å². The maximum absolute atomic E-state index is 14.2. The molecule has 8 nitrogen and oxygen atoms in total. The van der Waals surface area contributed by atoms with Crippen molar-refractivity contribution >= 4 is 29.5 Å². The third kappa shape index (κ3) is 5.54. The molecule has 2 saturated heterocycles. The summed E-state index contributed by atoms with van der Waals surface area (Å²) in [5.41, 5.74) is 3.66. The molecule has 3 aliphatic rings. The van der Waals surface area contributed by atoms with E-state index in [1.54, 1.807) is 21.6 Å². The number of carbonyl (C=O) groups excluding carboxylic acids is 3. The van der Waals surface area contributed by atoms with Gasteiger partial charge in [0.1, 0.15) is 11.4 Å². The van der Waals surface area contributed by atoms with E-state index in [4.69, 9.17) is 9.47 Å². The summed E-state index contributed by atoms with van der Waals surface area (Å²) in [5, 5.41) is -0.385. The molecule has 3 aromatic rings. The average molecular weight is 584 g/mol. The Kier molecular flexibility index (Phi) is 8.30. The SMILES string of the molecule is CC(=O)N(Cc1ccccc1)[C@@H]1C(=O)N2C(C(=O)OC(c3ccccc3)c3ccccc3)=C(N3CCOCC3)CS[C@@H]12. The number of rotatable bonds is 8. The van der Waals surface area contributed by atoms with E-state index >= 15 is 0 Å². The summed E-state index contributed by atoms with van der Waals surface area (Å²) in [7, 11) is 0. The maximum Gasteiger partial charge on any atom is 0.357 e. The topological polar surface area (TPSA) is 79.4 Å². The summed E-state index contributed by atoms with van der Waals surface area (Å²) in [6.45, 7) is 4.14. The molecule has 9 heteroatoms. The predicted molar refractivity (Wildman–Crippen MR) is 160 cm³/mol. The number of morpholine rings is 1. The van der Waals surface area contributed by atoms with Gasteiger partial charge in [-0.1, -0.05) is 91.0 Å². The molecule has 3 heterocycles. The Morgan fingerprint density at radius 3 is 2.07 bits per heavy atom. The molecule has 2 fully saturated rings. The lowest BCUT2D eigenvalue weighted by Crippen LogP contribution is -2.71. The third-order valence-electron chi connectivity index (χ3n) is 7.87. The second-order valence-corrected chi connectivity index (χ2v) is 11.6. The first-order valence-electron chi connectivity index (χ1n) is 14.2. The summed E-state index contributed by atoms with van der Waals surface area (Å²) >= 11 is 1.58. The Hall–Kier alpha value is -4.08. The van der Waals surface area contributed by atoms with Gasteiger partial charge < -0.3 is 19.3 Å². The molecule has 6 rings (SSSR count). The summed E-state index contributed by atoms with van der Waals surface area (Å²) < 4.78 is 11.9. The number of carbonyl (C=O) groups is 3. The number of hydrogen-bond acceptors (Lipinski definition) is 7. The zero-order valence-electron chi connectivity index (χ0n) is 23.4. The highest BCUT2D eigenvalue weighted by molar-refractivity contribution is 8.00. The number of nitrogens with zero attached hydrogens (tertiary/aromatic N) is 3. The molecule has 3 aromatic carbocycles. The first-order valence-corrected chi connectivity index (χ1v) is 15.2. The molecule has 3 aliphatic heterocycles. The number of β-lactam (4-membered cyclic amide) rings is 1. The fourth-order valence-corrected chi connectivity index (χ4v) is 7.19. The first kappa shape index (κ1) is 28.1. The smallest absolute Gasteiger partial charge is 0.357 e. The minimum Gasteiger partial charge on any atom is -0.448 e. The van der Waals surface area contributed by atoms with Crippen LogP contribution in [0.2, 0.25) is 0 Å². The molecule has 0 saturated carbocycles. The van der Waals surface area contributed by atoms with Crippen molar-refractivity contribution in [2.45, 2.75) is 31.0 Å². The van der Waals surface area contributed by atoms with E-state index in [0.717, 1.165) is 22.4 Å². The lowest BCUT2D eigenvalue weighted by atomic mass is 10.00. The predicted octanol–water partition coefficient (Wildman–Crippen LogP) is 4.20. The second kappa shape index (κ2) is 12.4. The third-order valence-corrected chi connectivity index (χ3v) is 9.12. The minimum atomic E-state index is -0.666. The first-order chi connectivity index (χ1) is 20.5. The number of hydrogen-bond donors (Lipinski definition) is 0. The van der Waals surface area contributed by atoms with Crippen molar-refractivity contribution in [2.75, 3.05) is 32.1 Å². The van der Waals surface area contributed by atoms with Gasteiger partial charge in [0.25, 0.3) is 5.91 Å². The molecule has 216 valence electrons. The van der Waals surface area contributed by atoms with Crippen molar-refractivity contribution in [1.82, 2.24) is 14.7 Å². The Balaban J connectivity index is 1.34. The van der Waals surface area contributed by atoms with E-state index in [1.165, 1.54) is 6.92 Å². The van der Waals surface area contributed by atoms with Crippen LogP contribution in [0.25, 0.3) is 0 Å². The van der Waals surface area contributed by atoms with Gasteiger partial charge in [0.15, 0.2) is 11.8 Å². The average Bonchev–Trinajstić information content (AvgIpc) is 3.04. The Morgan fingerprint density at radius 2 is 1.50 bits per heavy atom. The van der Waals surface area contributed by atoms with Crippen LogP contribution in [0.15, 0.2) is 102 Å². The number of benzene rings is 3. The van der Waals surface area contributed by atoms with Crippen LogP contribution in [0.4, 0.5) is 0 Å². The summed E-state index contributed by atoms with van der Waals surface area (Å²) in [4.78, 5) is 46.3. The van der Waals surface area contributed by atoms with Crippen LogP contribution in [0, 0.1) is 0 Å². The van der Waals surface area contributed by atoms with Crippen LogP contribution in [-0.2, 0) is 30.4 Å². The van der Waals surface area contributed by atoms with Gasteiger partial charge in [0.2, 0.25) is 5.91 Å². The molecule has 0 spiro atoms. The zero-order valence-corrected chi connectivity index (χ0v) is 24.2. The monoisotopic (exact) mass is 583 g/mol. The molecule has 0 unspecified atom stereocenters. The van der Waals surface area contributed by atoms with Crippen molar-refractivity contribution in [2.24, 2.45) is 0 Å². The molecule has 0 aliphatic carbocycles. The highest BCUT2D eigenvalue weighted by atomic mass is 32.2. The summed E-state index contributed by atoms with van der Waals surface area (Å²) in [6.07, 6.45) is -0.648. The second-order valence-electron chi connectivity index (χ2n) is 10.5. The lowest BCUT2D eigenvalue weighted by molar-refractivity contribution is -0.162. The van der Waals surface area contributed by atoms with Crippen molar-refractivity contribution in [3.63, 3.8) is 0 Å². The highest BCUT2D eigenvalue weighted by Crippen LogP contribution is 2.44. The van der Waals surface area contributed by atoms with E-state index in [-0.39, 0.29) is 22.9 Å². The maximum atomic E-state index is 14.2. The summed E-state index contributed by atoms with van der Waals surface area (Å²) in [5.74, 6) is -0.484. The van der Waals surface area contributed by atoms with E-state index in [9.17, 15) is 14.4 Å². The summed E-state index contributed by atoms with van der Waals surface area (Å²) in [6, 6.07) is 28.2. The van der Waals surface area contributed by atoms with Crippen molar-refractivity contribution in [1.29, 1.82) is 0 Å². The van der Waals surface area contributed by atoms with Crippen LogP contribution in [0.5, 0.6) is 0 Å². The van der Waals surface area contributed by atoms with Crippen LogP contribution in [0.1, 0.15) is 29.7 Å². The van der Waals surface area contributed by atoms with Gasteiger partial charge in [0.05, 0.1) is 18.9 Å². The highest BCUT2D eigenvalue weighted by Gasteiger charge is 2.57. The van der Waals surface area contributed by atoms with Gasteiger partial charge in [-0.25, -0.2) is 4.79 Å². The van der Waals surface area contributed by atoms with Crippen molar-refractivity contribution in [3.05, 3.63) is 119 Å². The number of esters is 1. The minimum absolute atomic E-state index is 0.183. The van der Waals surface area contributed by atoms with Crippen LogP contribution in [0.3, 0.4) is 0 Å². The fraction of sp³-hybridized carbons (Fsp3) is 0.303. The molecular weight excluding hydrogens is 550 g/mol. The standard InChI is InChI=1S/C33H33N3O5S/c1-23(37)35(21-24-11-5-2-6-12-24)29-31(38)36-28(27(22-42-32(29)36)34-17-19-40-20-18-34)33(39)41-30(25-13-7-3-8-14-25)26-15-9-4-10-16-26/h2-16,29-30,32H,17-22H2,1H3/t29-,32+/m1/s1. The van der Waals surface area contributed by atoms with Crippen molar-refractivity contribution < 1.29 is 23.9 Å².